The first kappa shape index (κ1) is 15.7. The number of hydrogen-bond acceptors (Lipinski definition) is 6. The average molecular weight is 277 g/mol. The number of amides is 1. The molecule has 0 saturated carbocycles. The third-order valence-electron chi connectivity index (χ3n) is 3.03. The van der Waals surface area contributed by atoms with Gasteiger partial charge in [-0.15, -0.1) is 0 Å². The molecule has 0 aromatic heterocycles. The van der Waals surface area contributed by atoms with Crippen LogP contribution in [-0.4, -0.2) is 67.0 Å². The third-order valence-corrected chi connectivity index (χ3v) is 3.03. The fourth-order valence-electron chi connectivity index (χ4n) is 2.04. The smallest absolute Gasteiger partial charge is 0.407 e. The van der Waals surface area contributed by atoms with Crippen LogP contribution in [0.25, 0.3) is 0 Å². The molecule has 5 unspecified atom stereocenters. The highest BCUT2D eigenvalue weighted by Crippen LogP contribution is 2.27. The van der Waals surface area contributed by atoms with Crippen LogP contribution in [0.3, 0.4) is 0 Å². The predicted octanol–water partition coefficient (Wildman–Crippen LogP) is -0.651. The van der Waals surface area contributed by atoms with Crippen LogP contribution in [0.15, 0.2) is 0 Å². The highest BCUT2D eigenvalue weighted by Gasteiger charge is 2.50. The minimum absolute atomic E-state index is 0.384. The lowest BCUT2D eigenvalue weighted by Gasteiger charge is -2.41. The van der Waals surface area contributed by atoms with Crippen LogP contribution >= 0.6 is 0 Å². The molecule has 1 amide bonds. The molecule has 8 nitrogen and oxygen atoms in total. The van der Waals surface area contributed by atoms with E-state index in [1.807, 2.05) is 0 Å². The lowest BCUT2D eigenvalue weighted by Crippen LogP contribution is -2.61. The van der Waals surface area contributed by atoms with Crippen molar-refractivity contribution < 1.29 is 34.0 Å². The van der Waals surface area contributed by atoms with Gasteiger partial charge in [0.05, 0.1) is 6.10 Å². The number of hydrogen-bond donors (Lipinski definition) is 3. The lowest BCUT2D eigenvalue weighted by atomic mass is 9.93. The van der Waals surface area contributed by atoms with Crippen LogP contribution in [0, 0.1) is 0 Å². The second kappa shape index (κ2) is 6.69. The zero-order chi connectivity index (χ0) is 14.6. The van der Waals surface area contributed by atoms with Crippen molar-refractivity contribution in [1.29, 1.82) is 0 Å². The Hall–Kier alpha value is -1.38. The van der Waals surface area contributed by atoms with Gasteiger partial charge in [-0.25, -0.2) is 9.59 Å². The molecule has 110 valence electrons. The van der Waals surface area contributed by atoms with E-state index in [1.54, 1.807) is 6.92 Å². The fourth-order valence-corrected chi connectivity index (χ4v) is 2.04. The molecule has 0 aromatic carbocycles. The minimum atomic E-state index is -1.30. The molecule has 1 saturated heterocycles. The van der Waals surface area contributed by atoms with Crippen molar-refractivity contribution in [3.8, 4) is 0 Å². The molecule has 1 fully saturated rings. The molecule has 0 radical (unpaired) electrons. The summed E-state index contributed by atoms with van der Waals surface area (Å²) in [6.45, 7) is 1.73. The summed E-state index contributed by atoms with van der Waals surface area (Å²) in [4.78, 5) is 22.4. The maximum absolute atomic E-state index is 11.3. The monoisotopic (exact) mass is 277 g/mol. The molecule has 1 aliphatic heterocycles. The number of carbonyl (C=O) groups is 2. The molecule has 0 bridgehead atoms. The van der Waals surface area contributed by atoms with Crippen molar-refractivity contribution in [2.75, 3.05) is 14.2 Å². The summed E-state index contributed by atoms with van der Waals surface area (Å²) in [6.07, 6.45) is -5.75. The Morgan fingerprint density at radius 2 is 2.00 bits per heavy atom. The molecule has 1 heterocycles. The number of nitrogens with one attached hydrogen (secondary N) is 1. The van der Waals surface area contributed by atoms with E-state index in [4.69, 9.17) is 19.3 Å². The zero-order valence-electron chi connectivity index (χ0n) is 11.0. The zero-order valence-corrected chi connectivity index (χ0v) is 11.0. The lowest BCUT2D eigenvalue weighted by molar-refractivity contribution is -0.233. The molecule has 0 aliphatic carbocycles. The van der Waals surface area contributed by atoms with Crippen molar-refractivity contribution in [3.05, 3.63) is 0 Å². The van der Waals surface area contributed by atoms with Crippen molar-refractivity contribution in [2.45, 2.75) is 43.9 Å². The summed E-state index contributed by atoms with van der Waals surface area (Å²) in [5, 5.41) is 21.4. The Kier molecular flexibility index (Phi) is 5.52. The van der Waals surface area contributed by atoms with E-state index in [1.165, 1.54) is 14.2 Å². The number of aliphatic carboxylic acids is 1. The molecule has 0 spiro atoms. The summed E-state index contributed by atoms with van der Waals surface area (Å²) in [5.74, 6) is -1.23. The summed E-state index contributed by atoms with van der Waals surface area (Å²) in [7, 11) is 2.63. The molecule has 1 rings (SSSR count). The molecule has 0 aromatic rings. The number of ether oxygens (including phenoxy) is 3. The molecule has 5 atom stereocenters. The second-order valence-electron chi connectivity index (χ2n) is 4.15. The Morgan fingerprint density at radius 1 is 1.37 bits per heavy atom. The van der Waals surface area contributed by atoms with Crippen molar-refractivity contribution in [3.63, 3.8) is 0 Å². The van der Waals surface area contributed by atoms with Crippen molar-refractivity contribution in [2.24, 2.45) is 0 Å². The fraction of sp³-hybridized carbons (Fsp3) is 0.818. The van der Waals surface area contributed by atoms with E-state index in [9.17, 15) is 14.7 Å². The topological polar surface area (TPSA) is 114 Å². The van der Waals surface area contributed by atoms with Gasteiger partial charge in [0.2, 0.25) is 0 Å². The Bertz CT molecular complexity index is 335. The van der Waals surface area contributed by atoms with Crippen LogP contribution in [0.1, 0.15) is 13.3 Å². The maximum Gasteiger partial charge on any atom is 0.407 e. The van der Waals surface area contributed by atoms with Gasteiger partial charge in [0.15, 0.2) is 12.2 Å². The quantitative estimate of drug-likeness (QED) is 0.625. The first-order valence-corrected chi connectivity index (χ1v) is 5.93. The number of methoxy groups -OCH3 is 1. The van der Waals surface area contributed by atoms with Gasteiger partial charge in [0.1, 0.15) is 12.2 Å². The van der Waals surface area contributed by atoms with E-state index in [2.05, 4.69) is 5.32 Å². The summed E-state index contributed by atoms with van der Waals surface area (Å²) in [6, 6.07) is 0. The number of rotatable bonds is 4. The molecule has 1 aliphatic rings. The number of alkyl carbamates (subject to hydrolysis) is 1. The number of carboxylic acid groups (broad SMARTS) is 1. The summed E-state index contributed by atoms with van der Waals surface area (Å²) < 4.78 is 15.3. The van der Waals surface area contributed by atoms with Gasteiger partial charge in [-0.2, -0.15) is 0 Å². The van der Waals surface area contributed by atoms with Crippen LogP contribution in [-0.2, 0) is 19.0 Å². The van der Waals surface area contributed by atoms with Crippen LogP contribution < -0.4 is 5.32 Å². The highest BCUT2D eigenvalue weighted by atomic mass is 16.6. The van der Waals surface area contributed by atoms with Gasteiger partial charge in [-0.1, -0.05) is 6.92 Å². The second-order valence-corrected chi connectivity index (χ2v) is 4.15. The summed E-state index contributed by atoms with van der Waals surface area (Å²) >= 11 is 0. The van der Waals surface area contributed by atoms with Gasteiger partial charge in [0, 0.05) is 14.2 Å². The highest BCUT2D eigenvalue weighted by molar-refractivity contribution is 5.74. The Labute approximate surface area is 110 Å². The van der Waals surface area contributed by atoms with Crippen molar-refractivity contribution >= 4 is 12.1 Å². The average Bonchev–Trinajstić information content (AvgIpc) is 2.39. The van der Waals surface area contributed by atoms with E-state index >= 15 is 0 Å². The maximum atomic E-state index is 11.3. The van der Waals surface area contributed by atoms with Gasteiger partial charge < -0.3 is 29.7 Å². The van der Waals surface area contributed by atoms with Gasteiger partial charge in [-0.05, 0) is 6.42 Å². The van der Waals surface area contributed by atoms with Gasteiger partial charge in [-0.3, -0.25) is 0 Å². The van der Waals surface area contributed by atoms with Crippen LogP contribution in [0.5, 0.6) is 0 Å². The number of aliphatic hydroxyl groups excluding tert-OH is 1. The third kappa shape index (κ3) is 3.34. The van der Waals surface area contributed by atoms with E-state index in [0.29, 0.717) is 6.42 Å². The van der Waals surface area contributed by atoms with E-state index in [-0.39, 0.29) is 0 Å². The summed E-state index contributed by atoms with van der Waals surface area (Å²) in [5.41, 5.74) is 0. The molecule has 19 heavy (non-hydrogen) atoms. The van der Waals surface area contributed by atoms with Crippen LogP contribution in [0.4, 0.5) is 4.79 Å². The largest absolute Gasteiger partial charge is 0.479 e. The molecular weight excluding hydrogens is 258 g/mol. The van der Waals surface area contributed by atoms with Gasteiger partial charge in [0.25, 0.3) is 0 Å². The van der Waals surface area contributed by atoms with Crippen LogP contribution in [0.2, 0.25) is 0 Å². The minimum Gasteiger partial charge on any atom is -0.479 e. The molecule has 3 N–H and O–H groups in total. The molecular formula is C11H19NO7. The van der Waals surface area contributed by atoms with Crippen molar-refractivity contribution in [1.82, 2.24) is 5.32 Å². The predicted molar refractivity (Wildman–Crippen MR) is 62.7 cm³/mol. The number of carbonyl (C=O) groups excluding carboxylic acids is 1. The number of carboxylic acids is 1. The normalized spacial score (nSPS) is 34.6. The number of aliphatic hydroxyl groups is 1. The first-order chi connectivity index (χ1) is 8.96. The van der Waals surface area contributed by atoms with E-state index < -0.39 is 42.6 Å². The Morgan fingerprint density at radius 3 is 2.42 bits per heavy atom. The Balaban J connectivity index is 2.97. The first-order valence-electron chi connectivity index (χ1n) is 5.93. The SMILES string of the molecule is CCC1OC(C(=O)O)C(OC)C(OC(=O)NC)C1O. The standard InChI is InChI=1S/C11H19NO7/c1-4-5-6(13)7(19-11(16)12-2)8(17-3)9(18-5)10(14)15/h5-9,13H,4H2,1-3H3,(H,12,16)(H,14,15). The molecule has 8 heteroatoms. The van der Waals surface area contributed by atoms with E-state index in [0.717, 1.165) is 0 Å². The van der Waals surface area contributed by atoms with Gasteiger partial charge >= 0.3 is 12.1 Å².